The summed E-state index contributed by atoms with van der Waals surface area (Å²) < 4.78 is 26.9. The number of carbonyl (C=O) groups is 2. The number of hydrogen-bond donors (Lipinski definition) is 1. The summed E-state index contributed by atoms with van der Waals surface area (Å²) in [5.41, 5.74) is 0.999. The minimum atomic E-state index is -3.82. The second kappa shape index (κ2) is 11.9. The predicted molar refractivity (Wildman–Crippen MR) is 136 cm³/mol. The van der Waals surface area contributed by atoms with E-state index in [1.807, 2.05) is 38.1 Å². The standard InChI is InChI=1S/C23H29BrClN3O4S/c1-5-16(2)26-23(30)17(3)27(14-18-9-8-10-19(24)13-18)22(29)15-28(33(4,31)32)21-12-7-6-11-20(21)25/h6-13,16-17H,5,14-15H2,1-4H3,(H,26,30)/t16-,17+/m1/s1. The first-order valence-corrected chi connectivity index (χ1v) is 13.5. The minimum Gasteiger partial charge on any atom is -0.352 e. The fourth-order valence-electron chi connectivity index (χ4n) is 3.13. The van der Waals surface area contributed by atoms with Gasteiger partial charge in [-0.05, 0) is 50.1 Å². The van der Waals surface area contributed by atoms with Crippen LogP contribution < -0.4 is 9.62 Å². The van der Waals surface area contributed by atoms with Crippen LogP contribution in [-0.4, -0.2) is 50.0 Å². The van der Waals surface area contributed by atoms with Crippen LogP contribution in [0.2, 0.25) is 5.02 Å². The molecule has 0 aliphatic carbocycles. The van der Waals surface area contributed by atoms with E-state index in [-0.39, 0.29) is 29.2 Å². The smallest absolute Gasteiger partial charge is 0.244 e. The molecule has 0 bridgehead atoms. The average Bonchev–Trinajstić information content (AvgIpc) is 2.75. The Hall–Kier alpha value is -2.10. The summed E-state index contributed by atoms with van der Waals surface area (Å²) >= 11 is 9.64. The largest absolute Gasteiger partial charge is 0.352 e. The number of amides is 2. The summed E-state index contributed by atoms with van der Waals surface area (Å²) in [7, 11) is -3.82. The van der Waals surface area contributed by atoms with Crippen LogP contribution >= 0.6 is 27.5 Å². The molecule has 2 rings (SSSR count). The normalized spacial score (nSPS) is 13.2. The predicted octanol–water partition coefficient (Wildman–Crippen LogP) is 4.20. The number of para-hydroxylation sites is 1. The highest BCUT2D eigenvalue weighted by Gasteiger charge is 2.31. The van der Waals surface area contributed by atoms with E-state index in [0.29, 0.717) is 0 Å². The summed E-state index contributed by atoms with van der Waals surface area (Å²) in [4.78, 5) is 27.7. The number of anilines is 1. The maximum Gasteiger partial charge on any atom is 0.244 e. The highest BCUT2D eigenvalue weighted by atomic mass is 79.9. The molecule has 2 aromatic rings. The highest BCUT2D eigenvalue weighted by Crippen LogP contribution is 2.27. The lowest BCUT2D eigenvalue weighted by molar-refractivity contribution is -0.139. The highest BCUT2D eigenvalue weighted by molar-refractivity contribution is 9.10. The van der Waals surface area contributed by atoms with Crippen LogP contribution in [0.25, 0.3) is 0 Å². The van der Waals surface area contributed by atoms with Crippen LogP contribution in [0.15, 0.2) is 53.0 Å². The third kappa shape index (κ3) is 7.72. The van der Waals surface area contributed by atoms with Gasteiger partial charge in [-0.15, -0.1) is 0 Å². The van der Waals surface area contributed by atoms with Gasteiger partial charge in [-0.3, -0.25) is 13.9 Å². The Morgan fingerprint density at radius 2 is 1.79 bits per heavy atom. The van der Waals surface area contributed by atoms with Gasteiger partial charge in [0.05, 0.1) is 17.0 Å². The summed E-state index contributed by atoms with van der Waals surface area (Å²) in [6.07, 6.45) is 1.76. The molecule has 0 radical (unpaired) electrons. The van der Waals surface area contributed by atoms with Crippen molar-refractivity contribution in [3.63, 3.8) is 0 Å². The van der Waals surface area contributed by atoms with E-state index in [2.05, 4.69) is 21.2 Å². The van der Waals surface area contributed by atoms with E-state index in [1.165, 1.54) is 11.0 Å². The molecule has 0 aliphatic rings. The number of halogens is 2. The molecule has 180 valence electrons. The lowest BCUT2D eigenvalue weighted by atomic mass is 10.1. The second-order valence-electron chi connectivity index (χ2n) is 7.87. The van der Waals surface area contributed by atoms with Crippen molar-refractivity contribution in [2.24, 2.45) is 0 Å². The number of hydrogen-bond acceptors (Lipinski definition) is 4. The van der Waals surface area contributed by atoms with Crippen molar-refractivity contribution in [3.05, 3.63) is 63.6 Å². The first kappa shape index (κ1) is 27.1. The summed E-state index contributed by atoms with van der Waals surface area (Å²) in [6.45, 7) is 5.11. The van der Waals surface area contributed by atoms with Gasteiger partial charge in [-0.2, -0.15) is 0 Å². The number of nitrogens with one attached hydrogen (secondary N) is 1. The lowest BCUT2D eigenvalue weighted by Gasteiger charge is -2.32. The number of sulfonamides is 1. The zero-order chi connectivity index (χ0) is 24.8. The van der Waals surface area contributed by atoms with Gasteiger partial charge in [0.2, 0.25) is 21.8 Å². The van der Waals surface area contributed by atoms with Gasteiger partial charge < -0.3 is 10.2 Å². The summed E-state index contributed by atoms with van der Waals surface area (Å²) in [5, 5.41) is 3.10. The molecular weight excluding hydrogens is 530 g/mol. The monoisotopic (exact) mass is 557 g/mol. The summed E-state index contributed by atoms with van der Waals surface area (Å²) in [5.74, 6) is -0.830. The molecule has 0 saturated heterocycles. The number of benzene rings is 2. The van der Waals surface area contributed by atoms with Crippen LogP contribution in [0.5, 0.6) is 0 Å². The molecule has 10 heteroatoms. The number of nitrogens with zero attached hydrogens (tertiary/aromatic N) is 2. The van der Waals surface area contributed by atoms with Crippen molar-refractivity contribution in [1.82, 2.24) is 10.2 Å². The quantitative estimate of drug-likeness (QED) is 0.474. The fourth-order valence-corrected chi connectivity index (χ4v) is 4.72. The SMILES string of the molecule is CC[C@@H](C)NC(=O)[C@H](C)N(Cc1cccc(Br)c1)C(=O)CN(c1ccccc1Cl)S(C)(=O)=O. The van der Waals surface area contributed by atoms with Gasteiger partial charge in [-0.1, -0.05) is 58.7 Å². The van der Waals surface area contributed by atoms with Crippen molar-refractivity contribution in [2.45, 2.75) is 45.8 Å². The topological polar surface area (TPSA) is 86.8 Å². The maximum atomic E-state index is 13.5. The van der Waals surface area contributed by atoms with Gasteiger partial charge >= 0.3 is 0 Å². The van der Waals surface area contributed by atoms with Crippen molar-refractivity contribution >= 4 is 55.1 Å². The van der Waals surface area contributed by atoms with Gasteiger partial charge in [0.15, 0.2) is 0 Å². The fraction of sp³-hybridized carbons (Fsp3) is 0.391. The molecule has 7 nitrogen and oxygen atoms in total. The molecule has 2 atom stereocenters. The molecule has 0 saturated carbocycles. The molecule has 0 spiro atoms. The molecule has 33 heavy (non-hydrogen) atoms. The van der Waals surface area contributed by atoms with Crippen LogP contribution in [0, 0.1) is 0 Å². The Morgan fingerprint density at radius 1 is 1.12 bits per heavy atom. The van der Waals surface area contributed by atoms with Crippen LogP contribution in [0.3, 0.4) is 0 Å². The Bertz CT molecular complexity index is 1100. The van der Waals surface area contributed by atoms with Crippen molar-refractivity contribution in [2.75, 3.05) is 17.1 Å². The third-order valence-corrected chi connectivity index (χ3v) is 7.15. The minimum absolute atomic E-state index is 0.0570. The lowest BCUT2D eigenvalue weighted by Crippen LogP contribution is -2.52. The molecule has 2 aromatic carbocycles. The number of rotatable bonds is 10. The van der Waals surface area contributed by atoms with E-state index in [4.69, 9.17) is 11.6 Å². The van der Waals surface area contributed by atoms with Crippen molar-refractivity contribution in [1.29, 1.82) is 0 Å². The van der Waals surface area contributed by atoms with E-state index in [9.17, 15) is 18.0 Å². The zero-order valence-electron chi connectivity index (χ0n) is 19.1. The molecular formula is C23H29BrClN3O4S. The van der Waals surface area contributed by atoms with E-state index in [1.54, 1.807) is 25.1 Å². The second-order valence-corrected chi connectivity index (χ2v) is 11.1. The van der Waals surface area contributed by atoms with E-state index < -0.39 is 28.5 Å². The molecule has 0 aromatic heterocycles. The zero-order valence-corrected chi connectivity index (χ0v) is 22.2. The summed E-state index contributed by atoms with van der Waals surface area (Å²) in [6, 6.07) is 12.9. The molecule has 0 aliphatic heterocycles. The van der Waals surface area contributed by atoms with Gasteiger partial charge in [0, 0.05) is 17.1 Å². The molecule has 0 unspecified atom stereocenters. The Kier molecular flexibility index (Phi) is 9.75. The van der Waals surface area contributed by atoms with Gasteiger partial charge in [-0.25, -0.2) is 8.42 Å². The van der Waals surface area contributed by atoms with Crippen LogP contribution in [-0.2, 0) is 26.2 Å². The average molecular weight is 559 g/mol. The van der Waals surface area contributed by atoms with Crippen molar-refractivity contribution in [3.8, 4) is 0 Å². The Balaban J connectivity index is 2.40. The van der Waals surface area contributed by atoms with Crippen LogP contribution in [0.1, 0.15) is 32.8 Å². The van der Waals surface area contributed by atoms with Gasteiger partial charge in [0.1, 0.15) is 12.6 Å². The molecule has 2 amide bonds. The first-order chi connectivity index (χ1) is 15.4. The first-order valence-electron chi connectivity index (χ1n) is 10.5. The van der Waals surface area contributed by atoms with Crippen LogP contribution in [0.4, 0.5) is 5.69 Å². The number of carbonyl (C=O) groups excluding carboxylic acids is 2. The van der Waals surface area contributed by atoms with Crippen molar-refractivity contribution < 1.29 is 18.0 Å². The molecule has 0 heterocycles. The third-order valence-electron chi connectivity index (χ3n) is 5.21. The maximum absolute atomic E-state index is 13.5. The Morgan fingerprint density at radius 3 is 2.36 bits per heavy atom. The molecule has 1 N–H and O–H groups in total. The van der Waals surface area contributed by atoms with E-state index >= 15 is 0 Å². The van der Waals surface area contributed by atoms with E-state index in [0.717, 1.165) is 27.0 Å². The molecule has 0 fully saturated rings. The Labute approximate surface area is 209 Å². The van der Waals surface area contributed by atoms with Gasteiger partial charge in [0.25, 0.3) is 0 Å².